The largest absolute Gasteiger partial charge is 0.472 e. The molecule has 166 valence electrons. The van der Waals surface area contributed by atoms with Crippen molar-refractivity contribution in [2.75, 3.05) is 13.1 Å². The maximum atomic E-state index is 13.2. The lowest BCUT2D eigenvalue weighted by Crippen LogP contribution is -2.48. The molecule has 3 aromatic rings. The first-order valence-corrected chi connectivity index (χ1v) is 11.3. The molecule has 4 rings (SSSR count). The van der Waals surface area contributed by atoms with E-state index in [1.54, 1.807) is 11.0 Å². The minimum atomic E-state index is -0.276. The Labute approximate surface area is 189 Å². The molecule has 2 aromatic carbocycles. The number of carbonyl (C=O) groups is 2. The number of aryl methyl sites for hydroxylation is 1. The van der Waals surface area contributed by atoms with Crippen molar-refractivity contribution in [1.82, 2.24) is 10.2 Å². The van der Waals surface area contributed by atoms with Gasteiger partial charge in [-0.25, -0.2) is 0 Å². The molecule has 32 heavy (non-hydrogen) atoms. The van der Waals surface area contributed by atoms with E-state index in [-0.39, 0.29) is 29.7 Å². The Morgan fingerprint density at radius 3 is 2.47 bits per heavy atom. The van der Waals surface area contributed by atoms with Crippen molar-refractivity contribution in [3.8, 4) is 0 Å². The first kappa shape index (κ1) is 21.9. The molecule has 0 unspecified atom stereocenters. The van der Waals surface area contributed by atoms with E-state index in [1.807, 2.05) is 37.3 Å². The van der Waals surface area contributed by atoms with Gasteiger partial charge in [0.05, 0.1) is 23.8 Å². The Bertz CT molecular complexity index is 1030. The van der Waals surface area contributed by atoms with Gasteiger partial charge in [0.25, 0.3) is 5.91 Å². The summed E-state index contributed by atoms with van der Waals surface area (Å²) in [6, 6.07) is 20.1. The Balaban J connectivity index is 1.54. The van der Waals surface area contributed by atoms with E-state index in [0.29, 0.717) is 25.1 Å². The predicted molar refractivity (Wildman–Crippen MR) is 124 cm³/mol. The number of piperidine rings is 1. The number of likely N-dealkylation sites (tertiary alicyclic amines) is 1. The second-order valence-corrected chi connectivity index (χ2v) is 8.59. The van der Waals surface area contributed by atoms with Crippen LogP contribution in [0.2, 0.25) is 0 Å². The molecule has 1 aliphatic rings. The van der Waals surface area contributed by atoms with Crippen LogP contribution in [0, 0.1) is 5.92 Å². The average Bonchev–Trinajstić information content (AvgIpc) is 3.39. The first-order chi connectivity index (χ1) is 15.5. The van der Waals surface area contributed by atoms with Crippen LogP contribution in [0.1, 0.15) is 59.3 Å². The zero-order chi connectivity index (χ0) is 22.5. The minimum Gasteiger partial charge on any atom is -0.472 e. The normalized spacial score (nSPS) is 19.4. The molecule has 5 nitrogen and oxygen atoms in total. The van der Waals surface area contributed by atoms with Gasteiger partial charge in [0, 0.05) is 19.0 Å². The van der Waals surface area contributed by atoms with Crippen molar-refractivity contribution >= 4 is 11.8 Å². The van der Waals surface area contributed by atoms with E-state index in [9.17, 15) is 9.59 Å². The maximum Gasteiger partial charge on any atom is 0.257 e. The molecule has 0 saturated carbocycles. The van der Waals surface area contributed by atoms with Crippen LogP contribution in [0.15, 0.2) is 77.6 Å². The van der Waals surface area contributed by atoms with Crippen molar-refractivity contribution in [1.29, 1.82) is 0 Å². The van der Waals surface area contributed by atoms with E-state index in [4.69, 9.17) is 4.42 Å². The summed E-state index contributed by atoms with van der Waals surface area (Å²) < 4.78 is 5.11. The molecular formula is C27H30N2O3. The highest BCUT2D eigenvalue weighted by Gasteiger charge is 2.35. The van der Waals surface area contributed by atoms with Crippen LogP contribution in [-0.4, -0.2) is 29.8 Å². The van der Waals surface area contributed by atoms with Gasteiger partial charge in [0.2, 0.25) is 5.91 Å². The monoisotopic (exact) mass is 430 g/mol. The molecule has 1 saturated heterocycles. The number of nitrogens with zero attached hydrogens (tertiary/aromatic N) is 1. The Morgan fingerprint density at radius 2 is 1.81 bits per heavy atom. The van der Waals surface area contributed by atoms with Gasteiger partial charge in [-0.15, -0.1) is 0 Å². The van der Waals surface area contributed by atoms with Crippen LogP contribution in [0.25, 0.3) is 0 Å². The quantitative estimate of drug-likeness (QED) is 0.601. The zero-order valence-corrected chi connectivity index (χ0v) is 18.7. The van der Waals surface area contributed by atoms with Crippen molar-refractivity contribution in [3.05, 3.63) is 95.4 Å². The summed E-state index contributed by atoms with van der Waals surface area (Å²) in [4.78, 5) is 28.1. The molecule has 5 heteroatoms. The molecule has 3 atom stereocenters. The highest BCUT2D eigenvalue weighted by Crippen LogP contribution is 2.32. The van der Waals surface area contributed by atoms with Crippen LogP contribution in [0.3, 0.4) is 0 Å². The minimum absolute atomic E-state index is 0.0128. The number of rotatable bonds is 6. The Kier molecular flexibility index (Phi) is 6.74. The second-order valence-electron chi connectivity index (χ2n) is 8.59. The molecule has 2 heterocycles. The smallest absolute Gasteiger partial charge is 0.257 e. The van der Waals surface area contributed by atoms with Crippen molar-refractivity contribution in [2.45, 2.75) is 38.6 Å². The van der Waals surface area contributed by atoms with E-state index in [0.717, 1.165) is 12.0 Å². The maximum absolute atomic E-state index is 13.2. The van der Waals surface area contributed by atoms with Gasteiger partial charge in [-0.1, -0.05) is 61.5 Å². The molecule has 1 N–H and O–H groups in total. The molecule has 1 fully saturated rings. The molecule has 1 aromatic heterocycles. The van der Waals surface area contributed by atoms with Crippen LogP contribution >= 0.6 is 0 Å². The third-order valence-corrected chi connectivity index (χ3v) is 6.39. The zero-order valence-electron chi connectivity index (χ0n) is 18.7. The molecule has 0 aliphatic carbocycles. The number of nitrogens with one attached hydrogen (secondary N) is 1. The summed E-state index contributed by atoms with van der Waals surface area (Å²) in [5.41, 5.74) is 4.03. The van der Waals surface area contributed by atoms with Gasteiger partial charge >= 0.3 is 0 Å². The van der Waals surface area contributed by atoms with Gasteiger partial charge in [-0.2, -0.15) is 0 Å². The molecular weight excluding hydrogens is 400 g/mol. The lowest BCUT2D eigenvalue weighted by molar-refractivity contribution is -0.127. The average molecular weight is 431 g/mol. The third kappa shape index (κ3) is 4.93. The summed E-state index contributed by atoms with van der Waals surface area (Å²) in [5.74, 6) is -0.279. The Hall–Kier alpha value is -3.34. The number of hydrogen-bond acceptors (Lipinski definition) is 3. The van der Waals surface area contributed by atoms with Gasteiger partial charge in [-0.3, -0.25) is 9.59 Å². The van der Waals surface area contributed by atoms with Crippen molar-refractivity contribution < 1.29 is 14.0 Å². The molecule has 0 spiro atoms. The fourth-order valence-corrected chi connectivity index (χ4v) is 4.45. The fraction of sp³-hybridized carbons (Fsp3) is 0.333. The number of amides is 2. The van der Waals surface area contributed by atoms with Gasteiger partial charge in [0.15, 0.2) is 0 Å². The van der Waals surface area contributed by atoms with Gasteiger partial charge in [0.1, 0.15) is 6.26 Å². The van der Waals surface area contributed by atoms with Crippen LogP contribution < -0.4 is 5.32 Å². The summed E-state index contributed by atoms with van der Waals surface area (Å²) in [6.45, 7) is 5.12. The SMILES string of the molecule is CCc1ccc([C@@H]2C[C@@H](C(=O)N[C@@H](C)c3ccccc3)CN(C(=O)c3ccoc3)C2)cc1. The van der Waals surface area contributed by atoms with Gasteiger partial charge in [-0.05, 0) is 42.5 Å². The topological polar surface area (TPSA) is 62.6 Å². The van der Waals surface area contributed by atoms with E-state index in [2.05, 4.69) is 36.5 Å². The van der Waals surface area contributed by atoms with Crippen molar-refractivity contribution in [2.24, 2.45) is 5.92 Å². The number of benzene rings is 2. The van der Waals surface area contributed by atoms with Gasteiger partial charge < -0.3 is 14.6 Å². The highest BCUT2D eigenvalue weighted by molar-refractivity contribution is 5.94. The van der Waals surface area contributed by atoms with Crippen LogP contribution in [0.4, 0.5) is 0 Å². The lowest BCUT2D eigenvalue weighted by atomic mass is 9.83. The lowest BCUT2D eigenvalue weighted by Gasteiger charge is -2.37. The summed E-state index contributed by atoms with van der Waals surface area (Å²) in [7, 11) is 0. The first-order valence-electron chi connectivity index (χ1n) is 11.3. The number of furan rings is 1. The molecule has 1 aliphatic heterocycles. The van der Waals surface area contributed by atoms with E-state index < -0.39 is 0 Å². The third-order valence-electron chi connectivity index (χ3n) is 6.39. The van der Waals surface area contributed by atoms with Crippen molar-refractivity contribution in [3.63, 3.8) is 0 Å². The number of carbonyl (C=O) groups excluding carboxylic acids is 2. The Morgan fingerprint density at radius 1 is 1.06 bits per heavy atom. The number of hydrogen-bond donors (Lipinski definition) is 1. The molecule has 0 radical (unpaired) electrons. The fourth-order valence-electron chi connectivity index (χ4n) is 4.45. The summed E-state index contributed by atoms with van der Waals surface area (Å²) in [6.07, 6.45) is 4.67. The van der Waals surface area contributed by atoms with E-state index in [1.165, 1.54) is 23.7 Å². The van der Waals surface area contributed by atoms with E-state index >= 15 is 0 Å². The predicted octanol–water partition coefficient (Wildman–Crippen LogP) is 4.97. The molecule has 0 bridgehead atoms. The van der Waals surface area contributed by atoms with Crippen LogP contribution in [-0.2, 0) is 11.2 Å². The summed E-state index contributed by atoms with van der Waals surface area (Å²) in [5, 5.41) is 3.15. The summed E-state index contributed by atoms with van der Waals surface area (Å²) >= 11 is 0. The second kappa shape index (κ2) is 9.86. The standard InChI is InChI=1S/C27H30N2O3/c1-3-20-9-11-22(12-10-20)24-15-25(17-29(16-24)27(31)23-13-14-32-18-23)26(30)28-19(2)21-7-5-4-6-8-21/h4-14,18-19,24-25H,3,15-17H2,1-2H3,(H,28,30)/t19-,24+,25+/m0/s1. The highest BCUT2D eigenvalue weighted by atomic mass is 16.3. The molecule has 2 amide bonds. The van der Waals surface area contributed by atoms with Crippen LogP contribution in [0.5, 0.6) is 0 Å².